The van der Waals surface area contributed by atoms with Crippen molar-refractivity contribution >= 4 is 0 Å². The zero-order valence-corrected chi connectivity index (χ0v) is 5.94. The van der Waals surface area contributed by atoms with Crippen LogP contribution in [0.4, 0.5) is 0 Å². The molecule has 0 spiro atoms. The molecule has 54 valence electrons. The van der Waals surface area contributed by atoms with E-state index in [1.165, 1.54) is 0 Å². The highest BCUT2D eigenvalue weighted by Crippen LogP contribution is 2.03. The highest BCUT2D eigenvalue weighted by Gasteiger charge is 1.95. The van der Waals surface area contributed by atoms with Crippen LogP contribution in [-0.2, 0) is 0 Å². The normalized spacial score (nSPS) is 14.2. The van der Waals surface area contributed by atoms with Crippen molar-refractivity contribution in [3.8, 4) is 0 Å². The van der Waals surface area contributed by atoms with E-state index in [0.29, 0.717) is 0 Å². The van der Waals surface area contributed by atoms with Crippen molar-refractivity contribution in [3.63, 3.8) is 0 Å². The van der Waals surface area contributed by atoms with E-state index in [0.717, 1.165) is 0 Å². The van der Waals surface area contributed by atoms with Crippen LogP contribution >= 0.6 is 0 Å². The zero-order valence-electron chi connectivity index (χ0n) is 5.94. The van der Waals surface area contributed by atoms with Crippen molar-refractivity contribution in [2.45, 2.75) is 13.2 Å². The maximum absolute atomic E-state index is 9.29. The summed E-state index contributed by atoms with van der Waals surface area (Å²) in [6.45, 7) is 1.88. The molecule has 0 fully saturated rings. The molecule has 0 radical (unpaired) electrons. The quantitative estimate of drug-likeness (QED) is 0.615. The van der Waals surface area contributed by atoms with Crippen LogP contribution in [0.25, 0.3) is 0 Å². The van der Waals surface area contributed by atoms with Gasteiger partial charge in [-0.2, -0.15) is 0 Å². The van der Waals surface area contributed by atoms with E-state index in [9.17, 15) is 5.11 Å². The lowest BCUT2D eigenvalue weighted by atomic mass is 10.5. The summed E-state index contributed by atoms with van der Waals surface area (Å²) in [5, 5.41) is 9.29. The Morgan fingerprint density at radius 1 is 1.40 bits per heavy atom. The molecule has 0 aliphatic carbocycles. The van der Waals surface area contributed by atoms with E-state index in [-0.39, 0.29) is 0 Å². The number of rotatable bonds is 2. The second-order valence-electron chi connectivity index (χ2n) is 2.07. The summed E-state index contributed by atoms with van der Waals surface area (Å²) in [7, 11) is 0. The molecule has 1 unspecified atom stereocenters. The van der Waals surface area contributed by atoms with Crippen LogP contribution in [-0.4, -0.2) is 9.67 Å². The van der Waals surface area contributed by atoms with Crippen LogP contribution in [0.5, 0.6) is 0 Å². The van der Waals surface area contributed by atoms with Gasteiger partial charge in [-0.1, -0.05) is 6.08 Å². The van der Waals surface area contributed by atoms with Crippen LogP contribution in [0.15, 0.2) is 36.7 Å². The molecule has 0 amide bonds. The first-order chi connectivity index (χ1) is 4.84. The summed E-state index contributed by atoms with van der Waals surface area (Å²) in [6, 6.07) is 3.76. The lowest BCUT2D eigenvalue weighted by Crippen LogP contribution is -2.00. The fourth-order valence-electron chi connectivity index (χ4n) is 0.796. The molecular weight excluding hydrogens is 126 g/mol. The molecule has 0 bridgehead atoms. The van der Waals surface area contributed by atoms with Crippen molar-refractivity contribution in [1.82, 2.24) is 4.57 Å². The molecule has 1 rings (SSSR count). The summed E-state index contributed by atoms with van der Waals surface area (Å²) >= 11 is 0. The molecule has 0 aliphatic heterocycles. The number of hydrogen-bond donors (Lipinski definition) is 1. The molecular formula is C8H11NO. The minimum absolute atomic E-state index is 0.514. The molecule has 2 heteroatoms. The van der Waals surface area contributed by atoms with Gasteiger partial charge in [0.25, 0.3) is 0 Å². The Hall–Kier alpha value is -1.02. The molecule has 0 saturated heterocycles. The van der Waals surface area contributed by atoms with E-state index in [2.05, 4.69) is 0 Å². The summed E-state index contributed by atoms with van der Waals surface area (Å²) in [6.07, 6.45) is 6.68. The standard InChI is InChI=1S/C8H11NO/c1-2-5-8(10)9-6-3-4-7-9/h2-8,10H,1H3. The maximum atomic E-state index is 9.29. The molecule has 0 aliphatic rings. The summed E-state index contributed by atoms with van der Waals surface area (Å²) in [4.78, 5) is 0. The van der Waals surface area contributed by atoms with Gasteiger partial charge in [-0.15, -0.1) is 0 Å². The Morgan fingerprint density at radius 2 is 2.00 bits per heavy atom. The maximum Gasteiger partial charge on any atom is 0.149 e. The van der Waals surface area contributed by atoms with Gasteiger partial charge in [0.05, 0.1) is 0 Å². The first-order valence-electron chi connectivity index (χ1n) is 3.28. The molecule has 0 saturated carbocycles. The van der Waals surface area contributed by atoms with Gasteiger partial charge in [-0.05, 0) is 25.1 Å². The smallest absolute Gasteiger partial charge is 0.149 e. The van der Waals surface area contributed by atoms with Gasteiger partial charge >= 0.3 is 0 Å². The largest absolute Gasteiger partial charge is 0.370 e. The predicted octanol–water partition coefficient (Wildman–Crippen LogP) is 1.56. The Kier molecular flexibility index (Phi) is 2.29. The van der Waals surface area contributed by atoms with Crippen LogP contribution < -0.4 is 0 Å². The van der Waals surface area contributed by atoms with Crippen molar-refractivity contribution in [3.05, 3.63) is 36.7 Å². The monoisotopic (exact) mass is 137 g/mol. The molecule has 2 nitrogen and oxygen atoms in total. The number of aliphatic hydroxyl groups excluding tert-OH is 1. The van der Waals surface area contributed by atoms with Crippen LogP contribution in [0.3, 0.4) is 0 Å². The zero-order chi connectivity index (χ0) is 7.40. The second-order valence-corrected chi connectivity index (χ2v) is 2.07. The fraction of sp³-hybridized carbons (Fsp3) is 0.250. The van der Waals surface area contributed by atoms with Crippen LogP contribution in [0, 0.1) is 0 Å². The Balaban J connectivity index is 2.67. The third-order valence-electron chi connectivity index (χ3n) is 1.30. The lowest BCUT2D eigenvalue weighted by molar-refractivity contribution is 0.155. The van der Waals surface area contributed by atoms with Crippen molar-refractivity contribution < 1.29 is 5.11 Å². The lowest BCUT2D eigenvalue weighted by Gasteiger charge is -2.05. The number of hydrogen-bond acceptors (Lipinski definition) is 1. The van der Waals surface area contributed by atoms with Gasteiger partial charge in [-0.25, -0.2) is 0 Å². The highest BCUT2D eigenvalue weighted by molar-refractivity contribution is 4.95. The third kappa shape index (κ3) is 1.48. The van der Waals surface area contributed by atoms with Crippen molar-refractivity contribution in [2.75, 3.05) is 0 Å². The number of nitrogens with zero attached hydrogens (tertiary/aromatic N) is 1. The van der Waals surface area contributed by atoms with E-state index in [1.807, 2.05) is 37.5 Å². The summed E-state index contributed by atoms with van der Waals surface area (Å²) in [5.41, 5.74) is 0. The fourth-order valence-corrected chi connectivity index (χ4v) is 0.796. The summed E-state index contributed by atoms with van der Waals surface area (Å²) < 4.78 is 1.72. The summed E-state index contributed by atoms with van der Waals surface area (Å²) in [5.74, 6) is 0. The molecule has 10 heavy (non-hydrogen) atoms. The van der Waals surface area contributed by atoms with Gasteiger partial charge in [0, 0.05) is 12.4 Å². The van der Waals surface area contributed by atoms with E-state index >= 15 is 0 Å². The topological polar surface area (TPSA) is 25.2 Å². The van der Waals surface area contributed by atoms with Crippen molar-refractivity contribution in [1.29, 1.82) is 0 Å². The number of allylic oxidation sites excluding steroid dienone is 1. The minimum Gasteiger partial charge on any atom is -0.370 e. The molecule has 1 N–H and O–H groups in total. The molecule has 1 aromatic rings. The van der Waals surface area contributed by atoms with Gasteiger partial charge in [-0.3, -0.25) is 0 Å². The average Bonchev–Trinajstić information content (AvgIpc) is 2.38. The predicted molar refractivity (Wildman–Crippen MR) is 40.5 cm³/mol. The third-order valence-corrected chi connectivity index (χ3v) is 1.30. The Morgan fingerprint density at radius 3 is 2.50 bits per heavy atom. The van der Waals surface area contributed by atoms with Crippen LogP contribution in [0.2, 0.25) is 0 Å². The second kappa shape index (κ2) is 3.22. The van der Waals surface area contributed by atoms with Crippen molar-refractivity contribution in [2.24, 2.45) is 0 Å². The molecule has 0 aromatic carbocycles. The van der Waals surface area contributed by atoms with Gasteiger partial charge in [0.15, 0.2) is 0 Å². The minimum atomic E-state index is -0.514. The Labute approximate surface area is 60.4 Å². The number of aliphatic hydroxyl groups is 1. The number of aromatic nitrogens is 1. The Bertz CT molecular complexity index is 201. The van der Waals surface area contributed by atoms with E-state index < -0.39 is 6.23 Å². The first-order valence-corrected chi connectivity index (χ1v) is 3.28. The molecule has 1 heterocycles. The first kappa shape index (κ1) is 7.09. The average molecular weight is 137 g/mol. The van der Waals surface area contributed by atoms with E-state index in [1.54, 1.807) is 10.6 Å². The molecule has 1 aromatic heterocycles. The SMILES string of the molecule is CC=CC(O)n1cccc1. The van der Waals surface area contributed by atoms with Gasteiger partial charge in [0.2, 0.25) is 0 Å². The van der Waals surface area contributed by atoms with Gasteiger partial charge < -0.3 is 9.67 Å². The van der Waals surface area contributed by atoms with Gasteiger partial charge in [0.1, 0.15) is 6.23 Å². The highest BCUT2D eigenvalue weighted by atomic mass is 16.3. The van der Waals surface area contributed by atoms with Crippen LogP contribution in [0.1, 0.15) is 13.2 Å². The van der Waals surface area contributed by atoms with E-state index in [4.69, 9.17) is 0 Å². The molecule has 1 atom stereocenters.